The summed E-state index contributed by atoms with van der Waals surface area (Å²) in [6, 6.07) is 8.06. The Morgan fingerprint density at radius 2 is 2.05 bits per heavy atom. The van der Waals surface area contributed by atoms with Gasteiger partial charge in [-0.3, -0.25) is 0 Å². The van der Waals surface area contributed by atoms with Gasteiger partial charge in [-0.2, -0.15) is 0 Å². The number of hydrogen-bond acceptors (Lipinski definition) is 3. The molecule has 0 aliphatic rings. The van der Waals surface area contributed by atoms with Crippen molar-refractivity contribution in [1.29, 1.82) is 0 Å². The molecule has 0 bridgehead atoms. The predicted molar refractivity (Wildman–Crippen MR) is 89.9 cm³/mol. The van der Waals surface area contributed by atoms with Crippen LogP contribution < -0.4 is 10.2 Å². The lowest BCUT2D eigenvalue weighted by atomic mass is 10.2. The van der Waals surface area contributed by atoms with E-state index in [1.807, 2.05) is 32.3 Å². The first-order valence-corrected chi connectivity index (χ1v) is 7.91. The van der Waals surface area contributed by atoms with Crippen LogP contribution in [0.15, 0.2) is 28.7 Å². The number of nitrogens with zero attached hydrogens (tertiary/aromatic N) is 1. The number of aryl methyl sites for hydroxylation is 1. The minimum atomic E-state index is 0.747. The van der Waals surface area contributed by atoms with E-state index in [2.05, 4.69) is 39.1 Å². The zero-order chi connectivity index (χ0) is 14.0. The number of anilines is 2. The summed E-state index contributed by atoms with van der Waals surface area (Å²) in [6.07, 6.45) is 0. The minimum absolute atomic E-state index is 0.747. The Balaban J connectivity index is 2.16. The molecule has 1 aromatic heterocycles. The van der Waals surface area contributed by atoms with E-state index in [4.69, 9.17) is 11.6 Å². The van der Waals surface area contributed by atoms with Crippen molar-refractivity contribution in [1.82, 2.24) is 0 Å². The zero-order valence-electron chi connectivity index (χ0n) is 11.1. The van der Waals surface area contributed by atoms with E-state index in [0.717, 1.165) is 22.9 Å². The van der Waals surface area contributed by atoms with Crippen molar-refractivity contribution in [2.24, 2.45) is 0 Å². The highest BCUT2D eigenvalue weighted by Gasteiger charge is 2.07. The first-order valence-electron chi connectivity index (χ1n) is 5.93. The van der Waals surface area contributed by atoms with E-state index < -0.39 is 0 Å². The molecule has 0 atom stereocenters. The van der Waals surface area contributed by atoms with Gasteiger partial charge in [0.2, 0.25) is 0 Å². The average molecular weight is 360 g/mol. The van der Waals surface area contributed by atoms with Gasteiger partial charge in [0, 0.05) is 39.9 Å². The van der Waals surface area contributed by atoms with E-state index in [1.165, 1.54) is 14.2 Å². The lowest BCUT2D eigenvalue weighted by Crippen LogP contribution is -2.11. The largest absolute Gasteiger partial charge is 0.378 e. The van der Waals surface area contributed by atoms with Crippen LogP contribution in [0.1, 0.15) is 9.75 Å². The van der Waals surface area contributed by atoms with Gasteiger partial charge in [0.25, 0.3) is 0 Å². The molecule has 1 aromatic carbocycles. The van der Waals surface area contributed by atoms with Gasteiger partial charge >= 0.3 is 0 Å². The van der Waals surface area contributed by atoms with Crippen molar-refractivity contribution in [3.05, 3.63) is 43.5 Å². The SMILES string of the molecule is Cc1sc(CNc2cc(Cl)ccc2N(C)C)cc1Br. The van der Waals surface area contributed by atoms with Gasteiger partial charge in [-0.1, -0.05) is 11.6 Å². The van der Waals surface area contributed by atoms with Crippen LogP contribution in [0.5, 0.6) is 0 Å². The minimum Gasteiger partial charge on any atom is -0.378 e. The molecule has 0 fully saturated rings. The van der Waals surface area contributed by atoms with Crippen LogP contribution in [-0.2, 0) is 6.54 Å². The summed E-state index contributed by atoms with van der Waals surface area (Å²) in [6.45, 7) is 2.92. The number of halogens is 2. The molecule has 5 heteroatoms. The second kappa shape index (κ2) is 6.16. The van der Waals surface area contributed by atoms with E-state index in [0.29, 0.717) is 0 Å². The van der Waals surface area contributed by atoms with Crippen LogP contribution in [0.3, 0.4) is 0 Å². The molecule has 2 aromatic rings. The molecule has 2 rings (SSSR count). The highest BCUT2D eigenvalue weighted by Crippen LogP contribution is 2.30. The van der Waals surface area contributed by atoms with Gasteiger partial charge in [-0.15, -0.1) is 11.3 Å². The maximum absolute atomic E-state index is 6.07. The smallest absolute Gasteiger partial charge is 0.0597 e. The molecule has 0 spiro atoms. The predicted octanol–water partition coefficient (Wildman–Crippen LogP) is 5.15. The Morgan fingerprint density at radius 3 is 2.63 bits per heavy atom. The maximum atomic E-state index is 6.07. The molecule has 0 saturated heterocycles. The summed E-state index contributed by atoms with van der Waals surface area (Å²) in [5.74, 6) is 0. The van der Waals surface area contributed by atoms with E-state index in [9.17, 15) is 0 Å². The number of rotatable bonds is 4. The van der Waals surface area contributed by atoms with Gasteiger partial charge in [-0.05, 0) is 47.1 Å². The molecule has 102 valence electrons. The van der Waals surface area contributed by atoms with Crippen molar-refractivity contribution in [3.63, 3.8) is 0 Å². The van der Waals surface area contributed by atoms with Crippen molar-refractivity contribution < 1.29 is 0 Å². The van der Waals surface area contributed by atoms with Crippen LogP contribution in [-0.4, -0.2) is 14.1 Å². The monoisotopic (exact) mass is 358 g/mol. The topological polar surface area (TPSA) is 15.3 Å². The summed E-state index contributed by atoms with van der Waals surface area (Å²) in [7, 11) is 4.06. The third-order valence-electron chi connectivity index (χ3n) is 2.80. The van der Waals surface area contributed by atoms with Crippen molar-refractivity contribution >= 4 is 50.2 Å². The lowest BCUT2D eigenvalue weighted by molar-refractivity contribution is 1.11. The van der Waals surface area contributed by atoms with Crippen LogP contribution in [0.2, 0.25) is 5.02 Å². The number of hydrogen-bond donors (Lipinski definition) is 1. The molecule has 0 saturated carbocycles. The maximum Gasteiger partial charge on any atom is 0.0597 e. The molecule has 0 aliphatic heterocycles. The summed E-state index contributed by atoms with van der Waals surface area (Å²) in [5, 5.41) is 4.20. The first kappa shape index (κ1) is 14.7. The van der Waals surface area contributed by atoms with E-state index >= 15 is 0 Å². The third kappa shape index (κ3) is 3.65. The normalized spacial score (nSPS) is 10.6. The third-order valence-corrected chi connectivity index (χ3v) is 5.17. The Hall–Kier alpha value is -0.710. The van der Waals surface area contributed by atoms with E-state index in [-0.39, 0.29) is 0 Å². The highest BCUT2D eigenvalue weighted by molar-refractivity contribution is 9.10. The second-order valence-electron chi connectivity index (χ2n) is 4.53. The molecule has 0 amide bonds. The molecule has 0 radical (unpaired) electrons. The first-order chi connectivity index (χ1) is 8.97. The second-order valence-corrected chi connectivity index (χ2v) is 7.16. The fourth-order valence-electron chi connectivity index (χ4n) is 1.83. The Labute approximate surface area is 131 Å². The standard InChI is InChI=1S/C14H16BrClN2S/c1-9-12(15)7-11(19-9)8-17-13-6-10(16)4-5-14(13)18(2)3/h4-7,17H,8H2,1-3H3. The van der Waals surface area contributed by atoms with Gasteiger partial charge in [0.15, 0.2) is 0 Å². The number of nitrogens with one attached hydrogen (secondary N) is 1. The molecule has 1 N–H and O–H groups in total. The van der Waals surface area contributed by atoms with Gasteiger partial charge in [-0.25, -0.2) is 0 Å². The summed E-state index contributed by atoms with van der Waals surface area (Å²) < 4.78 is 1.17. The van der Waals surface area contributed by atoms with Crippen LogP contribution >= 0.6 is 38.9 Å². The number of thiophene rings is 1. The van der Waals surface area contributed by atoms with Crippen LogP contribution in [0.25, 0.3) is 0 Å². The quantitative estimate of drug-likeness (QED) is 0.812. The van der Waals surface area contributed by atoms with Crippen molar-refractivity contribution in [2.45, 2.75) is 13.5 Å². The lowest BCUT2D eigenvalue weighted by Gasteiger charge is -2.18. The van der Waals surface area contributed by atoms with E-state index in [1.54, 1.807) is 11.3 Å². The fraction of sp³-hybridized carbons (Fsp3) is 0.286. The summed E-state index contributed by atoms with van der Waals surface area (Å²) in [5.41, 5.74) is 2.19. The molecular weight excluding hydrogens is 344 g/mol. The number of benzene rings is 1. The van der Waals surface area contributed by atoms with Gasteiger partial charge in [0.1, 0.15) is 0 Å². The molecule has 1 heterocycles. The Morgan fingerprint density at radius 1 is 1.32 bits per heavy atom. The van der Waals surface area contributed by atoms with Crippen LogP contribution in [0.4, 0.5) is 11.4 Å². The average Bonchev–Trinajstić information content (AvgIpc) is 2.66. The summed E-state index contributed by atoms with van der Waals surface area (Å²) in [4.78, 5) is 4.68. The Bertz CT molecular complexity index is 561. The molecule has 19 heavy (non-hydrogen) atoms. The highest BCUT2D eigenvalue weighted by atomic mass is 79.9. The molecule has 0 unspecified atom stereocenters. The molecular formula is C14H16BrClN2S. The van der Waals surface area contributed by atoms with Gasteiger partial charge < -0.3 is 10.2 Å². The van der Waals surface area contributed by atoms with Gasteiger partial charge in [0.05, 0.1) is 11.4 Å². The zero-order valence-corrected chi connectivity index (χ0v) is 14.3. The van der Waals surface area contributed by atoms with Crippen LogP contribution in [0, 0.1) is 6.92 Å². The fourth-order valence-corrected chi connectivity index (χ4v) is 3.54. The van der Waals surface area contributed by atoms with Crippen molar-refractivity contribution in [3.8, 4) is 0 Å². The summed E-state index contributed by atoms with van der Waals surface area (Å²) >= 11 is 11.4. The molecule has 0 aliphatic carbocycles. The Kier molecular flexibility index (Phi) is 4.76. The van der Waals surface area contributed by atoms with Crippen molar-refractivity contribution in [2.75, 3.05) is 24.3 Å². The molecule has 2 nitrogen and oxygen atoms in total.